The van der Waals surface area contributed by atoms with Crippen molar-refractivity contribution in [1.29, 1.82) is 0 Å². The third-order valence-corrected chi connectivity index (χ3v) is 3.67. The van der Waals surface area contributed by atoms with Gasteiger partial charge in [-0.15, -0.1) is 0 Å². The Morgan fingerprint density at radius 1 is 1.39 bits per heavy atom. The molecule has 0 unspecified atom stereocenters. The minimum atomic E-state index is -0.359. The summed E-state index contributed by atoms with van der Waals surface area (Å²) in [5.41, 5.74) is 6.90. The predicted octanol–water partition coefficient (Wildman–Crippen LogP) is 1.76. The molecule has 0 aliphatic carbocycles. The number of ether oxygens (including phenoxy) is 1. The van der Waals surface area contributed by atoms with Crippen LogP contribution >= 0.6 is 0 Å². The summed E-state index contributed by atoms with van der Waals surface area (Å²) < 4.78 is 6.97. The molecule has 0 aliphatic rings. The van der Waals surface area contributed by atoms with Crippen molar-refractivity contribution in [2.24, 2.45) is 0 Å². The van der Waals surface area contributed by atoms with E-state index in [1.54, 1.807) is 25.4 Å². The highest BCUT2D eigenvalue weighted by Crippen LogP contribution is 2.18. The first kappa shape index (κ1) is 17.0. The number of rotatable bonds is 7. The second-order valence-electron chi connectivity index (χ2n) is 5.41. The number of carbonyl (C=O) groups is 1. The van der Waals surface area contributed by atoms with Crippen molar-refractivity contribution in [1.82, 2.24) is 9.88 Å². The molecule has 1 aromatic heterocycles. The number of hydrogen-bond acceptors (Lipinski definition) is 4. The van der Waals surface area contributed by atoms with Gasteiger partial charge in [0.05, 0.1) is 10.9 Å². The Labute approximate surface area is 135 Å². The third kappa shape index (κ3) is 3.71. The van der Waals surface area contributed by atoms with Gasteiger partial charge >= 0.3 is 0 Å². The Bertz CT molecular complexity index is 753. The Balaban J connectivity index is 2.55. The van der Waals surface area contributed by atoms with Crippen LogP contribution in [0.1, 0.15) is 30.1 Å². The maximum atomic E-state index is 12.7. The van der Waals surface area contributed by atoms with Gasteiger partial charge in [0.25, 0.3) is 5.91 Å². The van der Waals surface area contributed by atoms with Crippen LogP contribution in [-0.4, -0.2) is 30.7 Å². The van der Waals surface area contributed by atoms with Gasteiger partial charge in [0.2, 0.25) is 5.43 Å². The number of aryl methyl sites for hydroxylation is 1. The Morgan fingerprint density at radius 2 is 2.17 bits per heavy atom. The van der Waals surface area contributed by atoms with E-state index in [0.717, 1.165) is 18.4 Å². The second kappa shape index (κ2) is 7.78. The summed E-state index contributed by atoms with van der Waals surface area (Å²) in [4.78, 5) is 24.9. The minimum Gasteiger partial charge on any atom is -0.398 e. The molecular formula is C17H23N3O3. The summed E-state index contributed by atoms with van der Waals surface area (Å²) in [6, 6.07) is 5.32. The lowest BCUT2D eigenvalue weighted by Crippen LogP contribution is -2.30. The number of pyridine rings is 1. The number of benzene rings is 1. The average Bonchev–Trinajstić information content (AvgIpc) is 2.54. The fourth-order valence-electron chi connectivity index (χ4n) is 2.52. The maximum Gasteiger partial charge on any atom is 0.256 e. The quantitative estimate of drug-likeness (QED) is 0.602. The average molecular weight is 317 g/mol. The van der Waals surface area contributed by atoms with Crippen LogP contribution in [0.3, 0.4) is 0 Å². The summed E-state index contributed by atoms with van der Waals surface area (Å²) in [7, 11) is 1.64. The van der Waals surface area contributed by atoms with Crippen molar-refractivity contribution >= 4 is 22.5 Å². The molecule has 0 atom stereocenters. The van der Waals surface area contributed by atoms with Crippen LogP contribution in [0.4, 0.5) is 5.69 Å². The van der Waals surface area contributed by atoms with Crippen LogP contribution in [0.2, 0.25) is 0 Å². The van der Waals surface area contributed by atoms with Crippen LogP contribution in [0.5, 0.6) is 0 Å². The monoisotopic (exact) mass is 317 g/mol. The molecule has 6 heteroatoms. The molecule has 124 valence electrons. The van der Waals surface area contributed by atoms with E-state index in [4.69, 9.17) is 10.5 Å². The van der Waals surface area contributed by atoms with Gasteiger partial charge in [-0.05, 0) is 25.0 Å². The Kier molecular flexibility index (Phi) is 5.76. The minimum absolute atomic E-state index is 0.126. The number of methoxy groups -OCH3 is 1. The molecule has 1 aromatic carbocycles. The van der Waals surface area contributed by atoms with Crippen LogP contribution < -0.4 is 16.5 Å². The number of carbonyl (C=O) groups excluding carboxylic acids is 1. The summed E-state index contributed by atoms with van der Waals surface area (Å²) in [5, 5.41) is 3.15. The van der Waals surface area contributed by atoms with Gasteiger partial charge in [0, 0.05) is 38.7 Å². The van der Waals surface area contributed by atoms with E-state index in [1.807, 2.05) is 17.6 Å². The molecule has 1 heterocycles. The lowest BCUT2D eigenvalue weighted by Gasteiger charge is -2.14. The van der Waals surface area contributed by atoms with Gasteiger partial charge in [-0.1, -0.05) is 13.0 Å². The third-order valence-electron chi connectivity index (χ3n) is 3.67. The molecule has 0 saturated carbocycles. The summed E-state index contributed by atoms with van der Waals surface area (Å²) in [6.45, 7) is 3.74. The van der Waals surface area contributed by atoms with Gasteiger partial charge in [-0.3, -0.25) is 9.59 Å². The fraction of sp³-hybridized carbons (Fsp3) is 0.412. The maximum absolute atomic E-state index is 12.7. The number of nitrogen functional groups attached to an aromatic ring is 1. The number of nitrogens with two attached hydrogens (primary N) is 1. The number of nitrogens with one attached hydrogen (secondary N) is 1. The molecule has 0 saturated heterocycles. The van der Waals surface area contributed by atoms with Gasteiger partial charge in [0.15, 0.2) is 0 Å². The zero-order chi connectivity index (χ0) is 16.8. The zero-order valence-corrected chi connectivity index (χ0v) is 13.6. The second-order valence-corrected chi connectivity index (χ2v) is 5.41. The van der Waals surface area contributed by atoms with Crippen LogP contribution in [0.15, 0.2) is 29.2 Å². The number of nitrogens with zero attached hydrogens (tertiary/aromatic N) is 1. The van der Waals surface area contributed by atoms with Crippen molar-refractivity contribution in [2.45, 2.75) is 26.3 Å². The number of aromatic nitrogens is 1. The summed E-state index contributed by atoms with van der Waals surface area (Å²) in [6.07, 6.45) is 3.20. The smallest absolute Gasteiger partial charge is 0.256 e. The van der Waals surface area contributed by atoms with Crippen molar-refractivity contribution in [3.05, 3.63) is 40.2 Å². The van der Waals surface area contributed by atoms with E-state index in [-0.39, 0.29) is 16.9 Å². The molecule has 1 amide bonds. The summed E-state index contributed by atoms with van der Waals surface area (Å²) in [5.74, 6) is -0.359. The summed E-state index contributed by atoms with van der Waals surface area (Å²) >= 11 is 0. The van der Waals surface area contributed by atoms with Gasteiger partial charge < -0.3 is 20.4 Å². The molecule has 2 aromatic rings. The van der Waals surface area contributed by atoms with Crippen LogP contribution in [0, 0.1) is 0 Å². The Hall–Kier alpha value is -2.34. The number of hydrogen-bond donors (Lipinski definition) is 2. The van der Waals surface area contributed by atoms with E-state index in [9.17, 15) is 9.59 Å². The Morgan fingerprint density at radius 3 is 2.87 bits per heavy atom. The molecule has 0 spiro atoms. The van der Waals surface area contributed by atoms with Gasteiger partial charge in [-0.25, -0.2) is 0 Å². The van der Waals surface area contributed by atoms with E-state index >= 15 is 0 Å². The molecule has 0 fully saturated rings. The number of fused-ring (bicyclic) bond motifs is 1. The van der Waals surface area contributed by atoms with E-state index in [2.05, 4.69) is 5.32 Å². The lowest BCUT2D eigenvalue weighted by atomic mass is 10.1. The van der Waals surface area contributed by atoms with E-state index < -0.39 is 0 Å². The number of amides is 1. The molecule has 0 bridgehead atoms. The highest BCUT2D eigenvalue weighted by Gasteiger charge is 2.16. The molecule has 6 nitrogen and oxygen atoms in total. The predicted molar refractivity (Wildman–Crippen MR) is 91.7 cm³/mol. The van der Waals surface area contributed by atoms with Crippen LogP contribution in [0.25, 0.3) is 10.9 Å². The molecule has 2 rings (SSSR count). The van der Waals surface area contributed by atoms with Crippen LogP contribution in [-0.2, 0) is 11.3 Å². The van der Waals surface area contributed by atoms with Crippen molar-refractivity contribution in [3.63, 3.8) is 0 Å². The SMILES string of the molecule is CCCNC(=O)c1cn(CCCOC)c2cccc(N)c2c1=O. The molecule has 3 N–H and O–H groups in total. The first-order valence-corrected chi connectivity index (χ1v) is 7.79. The van der Waals surface area contributed by atoms with Crippen molar-refractivity contribution in [2.75, 3.05) is 26.0 Å². The normalized spacial score (nSPS) is 10.9. The molecule has 0 radical (unpaired) electrons. The number of anilines is 1. The first-order valence-electron chi connectivity index (χ1n) is 7.79. The van der Waals surface area contributed by atoms with Gasteiger partial charge in [0.1, 0.15) is 5.56 Å². The highest BCUT2D eigenvalue weighted by atomic mass is 16.5. The molecule has 0 aliphatic heterocycles. The largest absolute Gasteiger partial charge is 0.398 e. The highest BCUT2D eigenvalue weighted by molar-refractivity contribution is 6.00. The topological polar surface area (TPSA) is 86.3 Å². The zero-order valence-electron chi connectivity index (χ0n) is 13.6. The van der Waals surface area contributed by atoms with Crippen molar-refractivity contribution < 1.29 is 9.53 Å². The van der Waals surface area contributed by atoms with E-state index in [0.29, 0.717) is 30.8 Å². The standard InChI is InChI=1S/C17H23N3O3/c1-3-8-19-17(22)12-11-20(9-5-10-23-2)14-7-4-6-13(18)15(14)16(12)21/h4,6-7,11H,3,5,8-10,18H2,1-2H3,(H,19,22). The first-order chi connectivity index (χ1) is 11.1. The van der Waals surface area contributed by atoms with E-state index in [1.165, 1.54) is 0 Å². The lowest BCUT2D eigenvalue weighted by molar-refractivity contribution is 0.0952. The fourth-order valence-corrected chi connectivity index (χ4v) is 2.52. The molecular weight excluding hydrogens is 294 g/mol. The van der Waals surface area contributed by atoms with Crippen molar-refractivity contribution in [3.8, 4) is 0 Å². The van der Waals surface area contributed by atoms with Gasteiger partial charge in [-0.2, -0.15) is 0 Å². The molecule has 23 heavy (non-hydrogen) atoms.